The first-order valence-electron chi connectivity index (χ1n) is 10.1. The van der Waals surface area contributed by atoms with Crippen LogP contribution in [0.5, 0.6) is 0 Å². The zero-order valence-corrected chi connectivity index (χ0v) is 17.2. The number of aliphatic hydroxyl groups excluding tert-OH is 1. The fourth-order valence-electron chi connectivity index (χ4n) is 7.48. The second kappa shape index (κ2) is 5.10. The van der Waals surface area contributed by atoms with Gasteiger partial charge in [-0.15, -0.1) is 11.6 Å². The number of carbonyl (C=O) groups is 1. The number of hydrogen-bond acceptors (Lipinski definition) is 5. The summed E-state index contributed by atoms with van der Waals surface area (Å²) < 4.78 is 11.8. The van der Waals surface area contributed by atoms with Gasteiger partial charge in [0.2, 0.25) is 0 Å². The average Bonchev–Trinajstić information content (AvgIpc) is 3.29. The van der Waals surface area contributed by atoms with Crippen LogP contribution in [-0.2, 0) is 14.3 Å². The molecule has 0 aromatic rings. The first-order valence-corrected chi connectivity index (χ1v) is 10.6. The molecule has 0 amide bonds. The molecule has 5 aliphatic rings. The first-order chi connectivity index (χ1) is 12.6. The molecule has 6 heteroatoms. The number of ether oxygens (including phenoxy) is 2. The Morgan fingerprint density at radius 2 is 2.00 bits per heavy atom. The summed E-state index contributed by atoms with van der Waals surface area (Å²) >= 11 is 6.85. The zero-order chi connectivity index (χ0) is 19.6. The van der Waals surface area contributed by atoms with E-state index in [0.29, 0.717) is 19.6 Å². The normalized spacial score (nSPS) is 56.2. The standard InChI is InChI=1S/C21H29ClO5/c1-10(2)21(25)15(22)13-7-20(13)18(3)6-5-11-12(8-26-16(11)23)14(18)9-27-19(20,4)17(21)24/h10,13-15,17,24-25H,5-9H2,1-4H3/t13-,14-,15+,17-,18-,19+,20-,21-/m0/s1. The second-order valence-electron chi connectivity index (χ2n) is 10.1. The van der Waals surface area contributed by atoms with Gasteiger partial charge < -0.3 is 19.7 Å². The molecule has 5 rings (SSSR count). The molecule has 5 nitrogen and oxygen atoms in total. The Bertz CT molecular complexity index is 764. The molecule has 2 N–H and O–H groups in total. The summed E-state index contributed by atoms with van der Waals surface area (Å²) in [7, 11) is 0. The fraction of sp³-hybridized carbons (Fsp3) is 0.857. The molecule has 150 valence electrons. The predicted molar refractivity (Wildman–Crippen MR) is 99.1 cm³/mol. The quantitative estimate of drug-likeness (QED) is 0.526. The monoisotopic (exact) mass is 396 g/mol. The van der Waals surface area contributed by atoms with Crippen LogP contribution in [0.3, 0.4) is 0 Å². The van der Waals surface area contributed by atoms with E-state index in [1.54, 1.807) is 0 Å². The molecule has 0 aromatic carbocycles. The minimum atomic E-state index is -1.38. The molecule has 8 atom stereocenters. The lowest BCUT2D eigenvalue weighted by molar-refractivity contribution is -0.303. The Morgan fingerprint density at radius 1 is 1.30 bits per heavy atom. The maximum absolute atomic E-state index is 12.1. The molecule has 3 fully saturated rings. The highest BCUT2D eigenvalue weighted by Crippen LogP contribution is 2.81. The minimum absolute atomic E-state index is 0.0907. The summed E-state index contributed by atoms with van der Waals surface area (Å²) in [6, 6.07) is 0. The Kier molecular flexibility index (Phi) is 3.48. The SMILES string of the molecule is CC(C)[C@]1(O)[C@H](Cl)[C@@H]2C[C@@]23[C@@]2(C)CCC4=C(COC4=O)[C@@H]2CO[C@]3(C)[C@@H]1O. The van der Waals surface area contributed by atoms with Crippen LogP contribution in [0.1, 0.15) is 47.0 Å². The van der Waals surface area contributed by atoms with Gasteiger partial charge >= 0.3 is 5.97 Å². The minimum Gasteiger partial charge on any atom is -0.458 e. The zero-order valence-electron chi connectivity index (χ0n) is 16.4. The number of halogens is 1. The van der Waals surface area contributed by atoms with Gasteiger partial charge in [0, 0.05) is 16.9 Å². The van der Waals surface area contributed by atoms with Crippen LogP contribution in [0.2, 0.25) is 0 Å². The van der Waals surface area contributed by atoms with Crippen molar-refractivity contribution >= 4 is 17.6 Å². The molecule has 0 radical (unpaired) electrons. The molecule has 0 unspecified atom stereocenters. The van der Waals surface area contributed by atoms with E-state index in [1.165, 1.54) is 0 Å². The summed E-state index contributed by atoms with van der Waals surface area (Å²) in [5.74, 6) is -0.167. The molecular weight excluding hydrogens is 368 g/mol. The second-order valence-corrected chi connectivity index (χ2v) is 10.6. The van der Waals surface area contributed by atoms with Crippen molar-refractivity contribution in [1.29, 1.82) is 0 Å². The number of rotatable bonds is 1. The van der Waals surface area contributed by atoms with E-state index in [0.717, 1.165) is 24.0 Å². The van der Waals surface area contributed by atoms with Gasteiger partial charge in [-0.1, -0.05) is 20.8 Å². The molecule has 0 bridgehead atoms. The van der Waals surface area contributed by atoms with E-state index < -0.39 is 22.7 Å². The predicted octanol–water partition coefficient (Wildman–Crippen LogP) is 2.42. The van der Waals surface area contributed by atoms with Gasteiger partial charge in [0.25, 0.3) is 0 Å². The van der Waals surface area contributed by atoms with Gasteiger partial charge in [0.1, 0.15) is 23.9 Å². The highest BCUT2D eigenvalue weighted by molar-refractivity contribution is 6.22. The molecule has 1 spiro atoms. The van der Waals surface area contributed by atoms with Gasteiger partial charge in [-0.3, -0.25) is 0 Å². The van der Waals surface area contributed by atoms with Gasteiger partial charge in [0.05, 0.1) is 12.0 Å². The van der Waals surface area contributed by atoms with Crippen LogP contribution in [0.4, 0.5) is 0 Å². The molecule has 0 aromatic heterocycles. The summed E-state index contributed by atoms with van der Waals surface area (Å²) in [6.07, 6.45) is 1.36. The van der Waals surface area contributed by atoms with Crippen molar-refractivity contribution in [2.24, 2.45) is 28.6 Å². The van der Waals surface area contributed by atoms with Gasteiger partial charge in [-0.25, -0.2) is 4.79 Å². The number of cyclic esters (lactones) is 1. The number of esters is 1. The number of alkyl halides is 1. The Hall–Kier alpha value is -0.620. The van der Waals surface area contributed by atoms with Crippen LogP contribution < -0.4 is 0 Å². The van der Waals surface area contributed by atoms with Crippen LogP contribution in [0.25, 0.3) is 0 Å². The topological polar surface area (TPSA) is 76.0 Å². The molecule has 2 heterocycles. The van der Waals surface area contributed by atoms with Crippen molar-refractivity contribution in [1.82, 2.24) is 0 Å². The third kappa shape index (κ3) is 1.74. The van der Waals surface area contributed by atoms with E-state index in [2.05, 4.69) is 6.92 Å². The number of aliphatic hydroxyl groups is 2. The van der Waals surface area contributed by atoms with E-state index in [1.807, 2.05) is 20.8 Å². The summed E-state index contributed by atoms with van der Waals surface area (Å²) in [6.45, 7) is 8.86. The Balaban J connectivity index is 1.63. The Morgan fingerprint density at radius 3 is 2.67 bits per heavy atom. The lowest BCUT2D eigenvalue weighted by Crippen LogP contribution is -2.75. The van der Waals surface area contributed by atoms with Crippen molar-refractivity contribution in [3.05, 3.63) is 11.1 Å². The maximum atomic E-state index is 12.1. The summed E-state index contributed by atoms with van der Waals surface area (Å²) in [5, 5.41) is 22.3. The molecule has 27 heavy (non-hydrogen) atoms. The van der Waals surface area contributed by atoms with E-state index in [9.17, 15) is 15.0 Å². The smallest absolute Gasteiger partial charge is 0.334 e. The molecule has 2 saturated carbocycles. The van der Waals surface area contributed by atoms with Crippen LogP contribution >= 0.6 is 11.6 Å². The van der Waals surface area contributed by atoms with Crippen molar-refractivity contribution in [3.8, 4) is 0 Å². The number of fused-ring (bicyclic) bond motifs is 2. The first kappa shape index (κ1) is 18.4. The van der Waals surface area contributed by atoms with E-state index in [4.69, 9.17) is 21.1 Å². The Labute approximate surface area is 165 Å². The third-order valence-electron chi connectivity index (χ3n) is 9.23. The average molecular weight is 397 g/mol. The fourth-order valence-corrected chi connectivity index (χ4v) is 8.15. The lowest BCUT2D eigenvalue weighted by Gasteiger charge is -2.65. The van der Waals surface area contributed by atoms with Crippen molar-refractivity contribution < 1.29 is 24.5 Å². The van der Waals surface area contributed by atoms with Crippen LogP contribution in [-0.4, -0.2) is 52.1 Å². The highest BCUT2D eigenvalue weighted by Gasteiger charge is 2.85. The van der Waals surface area contributed by atoms with Crippen molar-refractivity contribution in [2.45, 2.75) is 69.6 Å². The third-order valence-corrected chi connectivity index (χ3v) is 9.88. The maximum Gasteiger partial charge on any atom is 0.334 e. The molecular formula is C21H29ClO5. The summed E-state index contributed by atoms with van der Waals surface area (Å²) in [5.41, 5.74) is -0.744. The number of hydrogen-bond donors (Lipinski definition) is 2. The molecule has 1 saturated heterocycles. The van der Waals surface area contributed by atoms with E-state index in [-0.39, 0.29) is 34.6 Å². The van der Waals surface area contributed by atoms with Crippen molar-refractivity contribution in [3.63, 3.8) is 0 Å². The van der Waals surface area contributed by atoms with Gasteiger partial charge in [0.15, 0.2) is 0 Å². The highest BCUT2D eigenvalue weighted by atomic mass is 35.5. The lowest BCUT2D eigenvalue weighted by atomic mass is 9.47. The van der Waals surface area contributed by atoms with Gasteiger partial charge in [-0.2, -0.15) is 0 Å². The van der Waals surface area contributed by atoms with Crippen molar-refractivity contribution in [2.75, 3.05) is 13.2 Å². The van der Waals surface area contributed by atoms with E-state index >= 15 is 0 Å². The number of carbonyl (C=O) groups excluding carboxylic acids is 1. The van der Waals surface area contributed by atoms with Crippen LogP contribution in [0, 0.1) is 28.6 Å². The van der Waals surface area contributed by atoms with Gasteiger partial charge in [-0.05, 0) is 49.0 Å². The summed E-state index contributed by atoms with van der Waals surface area (Å²) in [4.78, 5) is 12.1. The molecule has 2 aliphatic heterocycles. The largest absolute Gasteiger partial charge is 0.458 e. The molecule has 3 aliphatic carbocycles. The van der Waals surface area contributed by atoms with Crippen LogP contribution in [0.15, 0.2) is 11.1 Å².